The van der Waals surface area contributed by atoms with E-state index in [2.05, 4.69) is 0 Å². The smallest absolute Gasteiger partial charge is 0.136 e. The number of hydrogen-bond donors (Lipinski definition) is 0. The van der Waals surface area contributed by atoms with Crippen LogP contribution in [-0.4, -0.2) is 18.0 Å². The van der Waals surface area contributed by atoms with Gasteiger partial charge in [-0.15, -0.1) is 0 Å². The second kappa shape index (κ2) is 1.63. The Kier molecular flexibility index (Phi) is 0.831. The fourth-order valence-electron chi connectivity index (χ4n) is 4.04. The van der Waals surface area contributed by atoms with Gasteiger partial charge in [-0.2, -0.15) is 0 Å². The maximum absolute atomic E-state index is 11.5. The third-order valence-corrected chi connectivity index (χ3v) is 4.50. The molecule has 4 aliphatic rings. The molecule has 0 N–H and O–H groups in total. The molecule has 0 spiro atoms. The predicted octanol–water partition coefficient (Wildman–Crippen LogP) is 0.999. The number of rotatable bonds is 0. The first-order chi connectivity index (χ1) is 5.84. The van der Waals surface area contributed by atoms with Gasteiger partial charge in [-0.25, -0.2) is 0 Å². The van der Waals surface area contributed by atoms with Crippen molar-refractivity contribution in [3.05, 3.63) is 0 Å². The van der Waals surface area contributed by atoms with E-state index in [4.69, 9.17) is 4.74 Å². The summed E-state index contributed by atoms with van der Waals surface area (Å²) < 4.78 is 5.52. The van der Waals surface area contributed by atoms with Crippen molar-refractivity contribution in [3.63, 3.8) is 0 Å². The molecule has 0 amide bonds. The molecule has 4 fully saturated rings. The van der Waals surface area contributed by atoms with Crippen LogP contribution >= 0.6 is 0 Å². The van der Waals surface area contributed by atoms with Crippen molar-refractivity contribution in [1.82, 2.24) is 0 Å². The van der Waals surface area contributed by atoms with Crippen LogP contribution < -0.4 is 0 Å². The topological polar surface area (TPSA) is 29.6 Å². The average molecular weight is 164 g/mol. The second-order valence-electron chi connectivity index (χ2n) is 4.89. The quantitative estimate of drug-likeness (QED) is 0.500. The molecule has 3 aliphatic carbocycles. The molecule has 1 saturated heterocycles. The standard InChI is InChI=1S/C10H12O2/c11-7-2-4-1-6(7)9-5(4)3-8-10(9)12-8/h4-6,8-10H,1-3H2/t4-,5-,6+,8+,9-,10+/m0/s1. The van der Waals surface area contributed by atoms with Gasteiger partial charge in [0, 0.05) is 18.3 Å². The fourth-order valence-corrected chi connectivity index (χ4v) is 4.04. The molecule has 0 radical (unpaired) electrons. The molecule has 1 heterocycles. The maximum Gasteiger partial charge on any atom is 0.136 e. The van der Waals surface area contributed by atoms with Crippen molar-refractivity contribution in [2.75, 3.05) is 0 Å². The summed E-state index contributed by atoms with van der Waals surface area (Å²) in [5.74, 6) is 3.23. The number of ether oxygens (including phenoxy) is 1. The summed E-state index contributed by atoms with van der Waals surface area (Å²) in [7, 11) is 0. The van der Waals surface area contributed by atoms with Gasteiger partial charge in [0.05, 0.1) is 12.2 Å². The van der Waals surface area contributed by atoms with Crippen LogP contribution in [0.5, 0.6) is 0 Å². The van der Waals surface area contributed by atoms with Crippen LogP contribution in [0.2, 0.25) is 0 Å². The molecule has 0 aromatic carbocycles. The Morgan fingerprint density at radius 1 is 1.33 bits per heavy atom. The molecule has 2 bridgehead atoms. The van der Waals surface area contributed by atoms with Crippen LogP contribution in [0.4, 0.5) is 0 Å². The summed E-state index contributed by atoms with van der Waals surface area (Å²) in [5.41, 5.74) is 0. The number of carbonyl (C=O) groups is 1. The van der Waals surface area contributed by atoms with E-state index in [0.29, 0.717) is 29.8 Å². The molecule has 64 valence electrons. The third-order valence-electron chi connectivity index (χ3n) is 4.50. The van der Waals surface area contributed by atoms with Crippen LogP contribution in [0, 0.1) is 23.7 Å². The van der Waals surface area contributed by atoms with E-state index >= 15 is 0 Å². The first-order valence-electron chi connectivity index (χ1n) is 5.03. The van der Waals surface area contributed by atoms with Gasteiger partial charge in [0.25, 0.3) is 0 Å². The SMILES string of the molecule is O=C1C[C@@H]2C[C@H]1[C@@H]1[C@H]2C[C@H]2O[C@@H]12. The summed E-state index contributed by atoms with van der Waals surface area (Å²) in [6.07, 6.45) is 4.43. The Labute approximate surface area is 71.3 Å². The lowest BCUT2D eigenvalue weighted by Gasteiger charge is -2.24. The lowest BCUT2D eigenvalue weighted by atomic mass is 9.80. The van der Waals surface area contributed by atoms with E-state index in [1.165, 1.54) is 12.8 Å². The van der Waals surface area contributed by atoms with Crippen molar-refractivity contribution in [2.45, 2.75) is 31.5 Å². The zero-order chi connectivity index (χ0) is 7.87. The summed E-state index contributed by atoms with van der Waals surface area (Å²) in [4.78, 5) is 11.5. The van der Waals surface area contributed by atoms with Crippen molar-refractivity contribution in [1.29, 1.82) is 0 Å². The first-order valence-corrected chi connectivity index (χ1v) is 5.03. The van der Waals surface area contributed by atoms with Crippen LogP contribution in [0.15, 0.2) is 0 Å². The number of epoxide rings is 1. The summed E-state index contributed by atoms with van der Waals surface area (Å²) in [6.45, 7) is 0. The van der Waals surface area contributed by atoms with E-state index < -0.39 is 0 Å². The van der Waals surface area contributed by atoms with E-state index in [1.54, 1.807) is 0 Å². The fraction of sp³-hybridized carbons (Fsp3) is 0.900. The summed E-state index contributed by atoms with van der Waals surface area (Å²) in [6, 6.07) is 0. The van der Waals surface area contributed by atoms with E-state index in [9.17, 15) is 4.79 Å². The Morgan fingerprint density at radius 3 is 3.17 bits per heavy atom. The molecular formula is C10H12O2. The zero-order valence-electron chi connectivity index (χ0n) is 6.90. The van der Waals surface area contributed by atoms with E-state index in [1.807, 2.05) is 0 Å². The Balaban J connectivity index is 1.78. The van der Waals surface area contributed by atoms with Crippen LogP contribution in [-0.2, 0) is 9.53 Å². The zero-order valence-corrected chi connectivity index (χ0v) is 6.90. The first kappa shape index (κ1) is 6.14. The number of ketones is 1. The van der Waals surface area contributed by atoms with Gasteiger partial charge in [0.1, 0.15) is 5.78 Å². The highest BCUT2D eigenvalue weighted by Crippen LogP contribution is 2.63. The minimum atomic E-state index is 0.414. The van der Waals surface area contributed by atoms with E-state index in [-0.39, 0.29) is 0 Å². The number of fused-ring (bicyclic) bond motifs is 7. The lowest BCUT2D eigenvalue weighted by Crippen LogP contribution is -2.28. The van der Waals surface area contributed by atoms with Crippen LogP contribution in [0.1, 0.15) is 19.3 Å². The maximum atomic E-state index is 11.5. The molecule has 3 saturated carbocycles. The molecular weight excluding hydrogens is 152 g/mol. The molecule has 0 aromatic heterocycles. The molecule has 0 unspecified atom stereocenters. The van der Waals surface area contributed by atoms with Gasteiger partial charge in [0.2, 0.25) is 0 Å². The summed E-state index contributed by atoms with van der Waals surface area (Å²) in [5, 5.41) is 0. The van der Waals surface area contributed by atoms with Crippen molar-refractivity contribution in [3.8, 4) is 0 Å². The highest BCUT2D eigenvalue weighted by Gasteiger charge is 2.66. The minimum Gasteiger partial charge on any atom is -0.369 e. The predicted molar refractivity (Wildman–Crippen MR) is 41.5 cm³/mol. The van der Waals surface area contributed by atoms with Gasteiger partial charge in [-0.3, -0.25) is 4.79 Å². The van der Waals surface area contributed by atoms with Gasteiger partial charge < -0.3 is 4.74 Å². The Morgan fingerprint density at radius 2 is 2.25 bits per heavy atom. The largest absolute Gasteiger partial charge is 0.369 e. The van der Waals surface area contributed by atoms with Crippen molar-refractivity contribution in [2.24, 2.45) is 23.7 Å². The number of carbonyl (C=O) groups excluding carboxylic acids is 1. The second-order valence-corrected chi connectivity index (χ2v) is 4.89. The van der Waals surface area contributed by atoms with Gasteiger partial charge in [-0.1, -0.05) is 0 Å². The van der Waals surface area contributed by atoms with E-state index in [0.717, 1.165) is 18.3 Å². The Hall–Kier alpha value is -0.370. The van der Waals surface area contributed by atoms with Crippen molar-refractivity contribution >= 4 is 5.78 Å². The van der Waals surface area contributed by atoms with Crippen LogP contribution in [0.3, 0.4) is 0 Å². The monoisotopic (exact) mass is 164 g/mol. The summed E-state index contributed by atoms with van der Waals surface area (Å²) >= 11 is 0. The molecule has 4 rings (SSSR count). The number of Topliss-reactive ketones (excluding diaryl/α,β-unsaturated/α-hetero) is 1. The Bertz CT molecular complexity index is 273. The molecule has 1 aliphatic heterocycles. The highest BCUT2D eigenvalue weighted by atomic mass is 16.6. The van der Waals surface area contributed by atoms with Gasteiger partial charge in [0.15, 0.2) is 0 Å². The lowest BCUT2D eigenvalue weighted by molar-refractivity contribution is -0.124. The number of hydrogen-bond acceptors (Lipinski definition) is 2. The minimum absolute atomic E-state index is 0.414. The van der Waals surface area contributed by atoms with Gasteiger partial charge in [-0.05, 0) is 24.7 Å². The highest BCUT2D eigenvalue weighted by molar-refractivity contribution is 5.85. The molecule has 2 nitrogen and oxygen atoms in total. The van der Waals surface area contributed by atoms with Gasteiger partial charge >= 0.3 is 0 Å². The van der Waals surface area contributed by atoms with Crippen molar-refractivity contribution < 1.29 is 9.53 Å². The molecule has 12 heavy (non-hydrogen) atoms. The third kappa shape index (κ3) is 0.506. The van der Waals surface area contributed by atoms with Crippen LogP contribution in [0.25, 0.3) is 0 Å². The molecule has 0 aromatic rings. The molecule has 6 atom stereocenters. The molecule has 2 heteroatoms. The normalized spacial score (nSPS) is 65.2. The average Bonchev–Trinajstić information content (AvgIpc) is 2.42.